The molecular weight excluding hydrogens is 495 g/mol. The van der Waals surface area contributed by atoms with Crippen LogP contribution in [0.3, 0.4) is 0 Å². The first-order valence-corrected chi connectivity index (χ1v) is 11.6. The number of fused-ring (bicyclic) bond motifs is 1. The van der Waals surface area contributed by atoms with Gasteiger partial charge in [-0.05, 0) is 66.9 Å². The molecule has 0 amide bonds. The van der Waals surface area contributed by atoms with Crippen molar-refractivity contribution in [2.24, 2.45) is 0 Å². The highest BCUT2D eigenvalue weighted by Crippen LogP contribution is 2.44. The standard InChI is InChI=1S/C25H23F5N6O/c26-24(27,25(28,29)30)23-34-20-2-1-10-33-22(20)36(23)17-3-5-18(6-4-17)37-19-8-12-35(13-9-19)15-16-7-11-32-21(31)14-16/h1-7,10-11,14,19H,8-9,12-13,15H2,(H2,31,32). The van der Waals surface area contributed by atoms with Gasteiger partial charge in [-0.3, -0.25) is 9.47 Å². The average molecular weight is 518 g/mol. The van der Waals surface area contributed by atoms with Crippen LogP contribution in [0, 0.1) is 0 Å². The van der Waals surface area contributed by atoms with Gasteiger partial charge in [0.25, 0.3) is 0 Å². The first-order valence-electron chi connectivity index (χ1n) is 11.6. The van der Waals surface area contributed by atoms with E-state index in [1.165, 1.54) is 30.5 Å². The van der Waals surface area contributed by atoms with Crippen molar-refractivity contribution in [2.75, 3.05) is 18.8 Å². The molecular formula is C25H23F5N6O. The van der Waals surface area contributed by atoms with Gasteiger partial charge >= 0.3 is 12.1 Å². The smallest absolute Gasteiger partial charge is 0.461 e. The van der Waals surface area contributed by atoms with E-state index in [0.29, 0.717) is 11.6 Å². The molecule has 3 aromatic heterocycles. The number of nitrogens with two attached hydrogens (primary N) is 1. The predicted molar refractivity (Wildman–Crippen MR) is 126 cm³/mol. The minimum Gasteiger partial charge on any atom is -0.490 e. The van der Waals surface area contributed by atoms with E-state index in [-0.39, 0.29) is 23.0 Å². The van der Waals surface area contributed by atoms with Crippen LogP contribution in [0.15, 0.2) is 60.9 Å². The summed E-state index contributed by atoms with van der Waals surface area (Å²) >= 11 is 0. The highest BCUT2D eigenvalue weighted by molar-refractivity contribution is 5.74. The number of rotatable bonds is 6. The minimum atomic E-state index is -5.81. The summed E-state index contributed by atoms with van der Waals surface area (Å²) in [5, 5.41) is 0. The number of hydrogen-bond acceptors (Lipinski definition) is 6. The maximum absolute atomic E-state index is 14.4. The van der Waals surface area contributed by atoms with Crippen LogP contribution < -0.4 is 10.5 Å². The van der Waals surface area contributed by atoms with Crippen molar-refractivity contribution in [1.29, 1.82) is 0 Å². The number of imidazole rings is 1. The number of pyridine rings is 2. The van der Waals surface area contributed by atoms with Crippen LogP contribution in [0.5, 0.6) is 5.75 Å². The summed E-state index contributed by atoms with van der Waals surface area (Å²) in [6.45, 7) is 2.38. The number of aromatic nitrogens is 4. The fraction of sp³-hybridized carbons (Fsp3) is 0.320. The van der Waals surface area contributed by atoms with E-state index in [2.05, 4.69) is 19.9 Å². The van der Waals surface area contributed by atoms with E-state index in [0.717, 1.165) is 42.6 Å². The van der Waals surface area contributed by atoms with Gasteiger partial charge in [0.1, 0.15) is 23.2 Å². The molecule has 12 heteroatoms. The molecule has 4 aromatic rings. The van der Waals surface area contributed by atoms with Crippen LogP contribution in [0.4, 0.5) is 27.8 Å². The molecule has 4 heterocycles. The van der Waals surface area contributed by atoms with Gasteiger partial charge in [-0.25, -0.2) is 15.0 Å². The molecule has 194 valence electrons. The molecule has 5 rings (SSSR count). The number of alkyl halides is 5. The SMILES string of the molecule is Nc1cc(CN2CCC(Oc3ccc(-n4c(C(F)(F)C(F)(F)F)nc5cccnc54)cc3)CC2)ccn1. The van der Waals surface area contributed by atoms with Crippen LogP contribution in [0.1, 0.15) is 24.2 Å². The lowest BCUT2D eigenvalue weighted by Gasteiger charge is -2.32. The normalized spacial score (nSPS) is 15.8. The molecule has 0 atom stereocenters. The van der Waals surface area contributed by atoms with E-state index in [4.69, 9.17) is 10.5 Å². The van der Waals surface area contributed by atoms with Crippen LogP contribution in [-0.2, 0) is 12.5 Å². The molecule has 0 saturated carbocycles. The van der Waals surface area contributed by atoms with Gasteiger partial charge in [0.15, 0.2) is 11.5 Å². The van der Waals surface area contributed by atoms with Gasteiger partial charge in [0.05, 0.1) is 0 Å². The molecule has 0 spiro atoms. The molecule has 7 nitrogen and oxygen atoms in total. The second-order valence-electron chi connectivity index (χ2n) is 8.87. The van der Waals surface area contributed by atoms with Crippen molar-refractivity contribution in [3.05, 3.63) is 72.3 Å². The fourth-order valence-corrected chi connectivity index (χ4v) is 4.40. The second-order valence-corrected chi connectivity index (χ2v) is 8.87. The summed E-state index contributed by atoms with van der Waals surface area (Å²) in [6.07, 6.45) is -1.32. The Morgan fingerprint density at radius 2 is 1.68 bits per heavy atom. The van der Waals surface area contributed by atoms with Crippen LogP contribution in [0.2, 0.25) is 0 Å². The maximum atomic E-state index is 14.4. The molecule has 37 heavy (non-hydrogen) atoms. The van der Waals surface area contributed by atoms with E-state index < -0.39 is 17.9 Å². The third-order valence-corrected chi connectivity index (χ3v) is 6.24. The number of anilines is 1. The Morgan fingerprint density at radius 3 is 2.35 bits per heavy atom. The Bertz CT molecular complexity index is 1380. The summed E-state index contributed by atoms with van der Waals surface area (Å²) < 4.78 is 75.0. The summed E-state index contributed by atoms with van der Waals surface area (Å²) in [4.78, 5) is 13.8. The topological polar surface area (TPSA) is 82.1 Å². The summed E-state index contributed by atoms with van der Waals surface area (Å²) in [5.41, 5.74) is 6.73. The lowest BCUT2D eigenvalue weighted by atomic mass is 10.1. The van der Waals surface area contributed by atoms with Gasteiger partial charge in [-0.2, -0.15) is 22.0 Å². The molecule has 1 fully saturated rings. The molecule has 0 aliphatic carbocycles. The molecule has 2 N–H and O–H groups in total. The number of likely N-dealkylation sites (tertiary alicyclic amines) is 1. The Kier molecular flexibility index (Phi) is 6.44. The molecule has 0 radical (unpaired) electrons. The molecule has 0 unspecified atom stereocenters. The number of halogens is 5. The lowest BCUT2D eigenvalue weighted by Crippen LogP contribution is -2.37. The molecule has 1 aliphatic rings. The molecule has 0 bridgehead atoms. The number of ether oxygens (including phenoxy) is 1. The minimum absolute atomic E-state index is 0.0505. The number of hydrogen-bond donors (Lipinski definition) is 1. The summed E-state index contributed by atoms with van der Waals surface area (Å²) in [7, 11) is 0. The molecule has 1 aromatic carbocycles. The molecule has 1 saturated heterocycles. The van der Waals surface area contributed by atoms with Gasteiger partial charge in [-0.15, -0.1) is 0 Å². The Labute approximate surface area is 208 Å². The van der Waals surface area contributed by atoms with Gasteiger partial charge in [0, 0.05) is 37.7 Å². The number of nitrogens with zero attached hydrogens (tertiary/aromatic N) is 5. The number of nitrogen functional groups attached to an aromatic ring is 1. The average Bonchev–Trinajstić information content (AvgIpc) is 3.26. The van der Waals surface area contributed by atoms with E-state index >= 15 is 0 Å². The lowest BCUT2D eigenvalue weighted by molar-refractivity contribution is -0.292. The van der Waals surface area contributed by atoms with E-state index in [1.807, 2.05) is 12.1 Å². The first-order chi connectivity index (χ1) is 17.6. The zero-order valence-corrected chi connectivity index (χ0v) is 19.5. The summed E-state index contributed by atoms with van der Waals surface area (Å²) in [6, 6.07) is 12.5. The number of piperidine rings is 1. The maximum Gasteiger partial charge on any atom is 0.461 e. The Hall–Kier alpha value is -3.80. The Morgan fingerprint density at radius 1 is 0.946 bits per heavy atom. The third-order valence-electron chi connectivity index (χ3n) is 6.24. The van der Waals surface area contributed by atoms with Crippen molar-refractivity contribution >= 4 is 17.0 Å². The van der Waals surface area contributed by atoms with Crippen molar-refractivity contribution < 1.29 is 26.7 Å². The van der Waals surface area contributed by atoms with Gasteiger partial charge in [0.2, 0.25) is 0 Å². The van der Waals surface area contributed by atoms with Crippen molar-refractivity contribution in [3.63, 3.8) is 0 Å². The quantitative estimate of drug-likeness (QED) is 0.358. The van der Waals surface area contributed by atoms with Crippen LogP contribution in [-0.4, -0.2) is 49.8 Å². The molecule has 1 aliphatic heterocycles. The monoisotopic (exact) mass is 518 g/mol. The highest BCUT2D eigenvalue weighted by atomic mass is 19.4. The zero-order valence-electron chi connectivity index (χ0n) is 19.5. The summed E-state index contributed by atoms with van der Waals surface area (Å²) in [5.74, 6) is -5.64. The number of benzene rings is 1. The van der Waals surface area contributed by atoms with E-state index in [9.17, 15) is 22.0 Å². The van der Waals surface area contributed by atoms with Gasteiger partial charge < -0.3 is 10.5 Å². The van der Waals surface area contributed by atoms with Crippen LogP contribution >= 0.6 is 0 Å². The van der Waals surface area contributed by atoms with E-state index in [1.54, 1.807) is 18.3 Å². The van der Waals surface area contributed by atoms with Crippen molar-refractivity contribution in [2.45, 2.75) is 37.6 Å². The largest absolute Gasteiger partial charge is 0.490 e. The van der Waals surface area contributed by atoms with Crippen molar-refractivity contribution in [1.82, 2.24) is 24.4 Å². The predicted octanol–water partition coefficient (Wildman–Crippen LogP) is 5.10. The fourth-order valence-electron chi connectivity index (χ4n) is 4.40. The second kappa shape index (κ2) is 9.58. The third kappa shape index (κ3) is 5.06. The zero-order chi connectivity index (χ0) is 26.2. The van der Waals surface area contributed by atoms with Gasteiger partial charge in [-0.1, -0.05) is 0 Å². The Balaban J connectivity index is 1.30. The van der Waals surface area contributed by atoms with Crippen molar-refractivity contribution in [3.8, 4) is 11.4 Å². The van der Waals surface area contributed by atoms with Crippen LogP contribution in [0.25, 0.3) is 16.9 Å². The first kappa shape index (κ1) is 24.9. The highest BCUT2D eigenvalue weighted by Gasteiger charge is 2.62.